The van der Waals surface area contributed by atoms with Crippen LogP contribution in [0.3, 0.4) is 0 Å². The first kappa shape index (κ1) is 10.4. The van der Waals surface area contributed by atoms with E-state index >= 15 is 0 Å². The Labute approximate surface area is 87.7 Å². The molecule has 0 aromatic carbocycles. The van der Waals surface area contributed by atoms with Crippen molar-refractivity contribution in [2.45, 2.75) is 0 Å². The van der Waals surface area contributed by atoms with E-state index in [9.17, 15) is 14.9 Å². The Morgan fingerprint density at radius 2 is 2.38 bits per heavy atom. The molecule has 13 heavy (non-hydrogen) atoms. The molecule has 0 unspecified atom stereocenters. The van der Waals surface area contributed by atoms with Gasteiger partial charge in [-0.3, -0.25) is 0 Å². The molecule has 0 fully saturated rings. The minimum atomic E-state index is -0.550. The quantitative estimate of drug-likeness (QED) is 0.356. The van der Waals surface area contributed by atoms with Crippen molar-refractivity contribution in [2.75, 3.05) is 7.11 Å². The zero-order chi connectivity index (χ0) is 10.0. The van der Waals surface area contributed by atoms with E-state index in [1.807, 2.05) is 0 Å². The molecule has 1 aromatic rings. The number of hydrogen-bond acceptors (Lipinski definition) is 4. The van der Waals surface area contributed by atoms with Gasteiger partial charge in [-0.25, -0.2) is 0 Å². The fourth-order valence-electron chi connectivity index (χ4n) is 0.704. The molecule has 1 heterocycles. The van der Waals surface area contributed by atoms with Gasteiger partial charge in [0.2, 0.25) is 0 Å². The Morgan fingerprint density at radius 3 is 2.77 bits per heavy atom. The van der Waals surface area contributed by atoms with Crippen LogP contribution in [0.2, 0.25) is 0 Å². The number of rotatable bonds is 2. The van der Waals surface area contributed by atoms with Crippen molar-refractivity contribution in [3.05, 3.63) is 25.1 Å². The molecule has 0 bridgehead atoms. The summed E-state index contributed by atoms with van der Waals surface area (Å²) in [6.45, 7) is 0. The van der Waals surface area contributed by atoms with Gasteiger partial charge in [-0.1, -0.05) is 0 Å². The molecule has 5 nitrogen and oxygen atoms in total. The standard InChI is InChI=1S/C6H4BrNO4Se/c1-12-6(9)3-2-13-5(4(3)7)8(10)11/h2H,1H3. The van der Waals surface area contributed by atoms with Crippen LogP contribution in [0.15, 0.2) is 9.41 Å². The molecule has 70 valence electrons. The summed E-state index contributed by atoms with van der Waals surface area (Å²) in [5, 5.41) is 10.4. The van der Waals surface area contributed by atoms with Gasteiger partial charge in [0.15, 0.2) is 0 Å². The zero-order valence-electron chi connectivity index (χ0n) is 6.44. The van der Waals surface area contributed by atoms with Crippen LogP contribution in [-0.2, 0) is 4.74 Å². The molecule has 0 amide bonds. The van der Waals surface area contributed by atoms with E-state index in [1.165, 1.54) is 12.1 Å². The number of nitro groups is 1. The van der Waals surface area contributed by atoms with Gasteiger partial charge in [0, 0.05) is 0 Å². The van der Waals surface area contributed by atoms with Crippen LogP contribution in [0.4, 0.5) is 4.56 Å². The van der Waals surface area contributed by atoms with Gasteiger partial charge in [-0.05, 0) is 0 Å². The Balaban J connectivity index is 3.13. The van der Waals surface area contributed by atoms with Gasteiger partial charge in [0.05, 0.1) is 0 Å². The molecule has 0 saturated heterocycles. The summed E-state index contributed by atoms with van der Waals surface area (Å²) >= 11 is 2.60. The predicted molar refractivity (Wildman–Crippen MR) is 49.1 cm³/mol. The van der Waals surface area contributed by atoms with Crippen molar-refractivity contribution in [3.63, 3.8) is 0 Å². The molecule has 0 aliphatic carbocycles. The zero-order valence-corrected chi connectivity index (χ0v) is 9.74. The van der Waals surface area contributed by atoms with E-state index in [0.29, 0.717) is 0 Å². The number of nitrogens with zero attached hydrogens (tertiary/aromatic N) is 1. The molecule has 1 rings (SSSR count). The van der Waals surface area contributed by atoms with Crippen molar-refractivity contribution in [1.82, 2.24) is 0 Å². The van der Waals surface area contributed by atoms with Crippen molar-refractivity contribution in [1.29, 1.82) is 0 Å². The van der Waals surface area contributed by atoms with E-state index in [4.69, 9.17) is 0 Å². The topological polar surface area (TPSA) is 69.4 Å². The van der Waals surface area contributed by atoms with Crippen LogP contribution in [0, 0.1) is 10.1 Å². The molecule has 7 heteroatoms. The second kappa shape index (κ2) is 4.04. The molecule has 1 aromatic heterocycles. The van der Waals surface area contributed by atoms with Crippen LogP contribution < -0.4 is 0 Å². The van der Waals surface area contributed by atoms with Crippen LogP contribution in [0.25, 0.3) is 0 Å². The summed E-state index contributed by atoms with van der Waals surface area (Å²) in [5.74, 6) is -0.550. The molecule has 0 N–H and O–H groups in total. The first-order valence-electron chi connectivity index (χ1n) is 3.07. The minimum absolute atomic E-state index is 0.0490. The first-order chi connectivity index (χ1) is 6.07. The Bertz CT molecular complexity index is 362. The maximum atomic E-state index is 11.0. The monoisotopic (exact) mass is 313 g/mol. The average Bonchev–Trinajstić information content (AvgIpc) is 2.46. The molecular formula is C6H4BrNO4Se. The average molecular weight is 313 g/mol. The van der Waals surface area contributed by atoms with E-state index < -0.39 is 25.4 Å². The molecule has 0 aliphatic rings. The summed E-state index contributed by atoms with van der Waals surface area (Å²) in [5.41, 5.74) is 0.245. The van der Waals surface area contributed by atoms with E-state index in [2.05, 4.69) is 20.7 Å². The van der Waals surface area contributed by atoms with E-state index in [1.54, 1.807) is 0 Å². The summed E-state index contributed by atoms with van der Waals surface area (Å²) in [6.07, 6.45) is 0. The Kier molecular flexibility index (Phi) is 3.24. The molecule has 0 spiro atoms. The van der Waals surface area contributed by atoms with Gasteiger partial charge in [-0.2, -0.15) is 0 Å². The third-order valence-electron chi connectivity index (χ3n) is 1.28. The molecule has 0 saturated carbocycles. The van der Waals surface area contributed by atoms with Crippen molar-refractivity contribution >= 4 is 41.0 Å². The number of carbonyl (C=O) groups excluding carboxylic acids is 1. The summed E-state index contributed by atoms with van der Waals surface area (Å²) in [6, 6.07) is 0. The second-order valence-corrected chi connectivity index (χ2v) is 4.61. The van der Waals surface area contributed by atoms with Crippen LogP contribution in [-0.4, -0.2) is 32.5 Å². The maximum absolute atomic E-state index is 11.0. The van der Waals surface area contributed by atoms with Crippen LogP contribution in [0.1, 0.15) is 10.4 Å². The first-order valence-corrected chi connectivity index (χ1v) is 5.71. The van der Waals surface area contributed by atoms with Crippen LogP contribution in [0.5, 0.6) is 0 Å². The van der Waals surface area contributed by atoms with Gasteiger partial charge in [-0.15, -0.1) is 0 Å². The fraction of sp³-hybridized carbons (Fsp3) is 0.167. The Morgan fingerprint density at radius 1 is 1.77 bits per heavy atom. The SMILES string of the molecule is COC(=O)c1c[se]c([N+](=O)[O-])c1Br. The number of ether oxygens (including phenoxy) is 1. The number of carbonyl (C=O) groups is 1. The fourth-order valence-corrected chi connectivity index (χ4v) is 3.51. The summed E-state index contributed by atoms with van der Waals surface area (Å²) in [7, 11) is 1.24. The molecule has 0 radical (unpaired) electrons. The van der Waals surface area contributed by atoms with E-state index in [0.717, 1.165) is 0 Å². The third kappa shape index (κ3) is 1.99. The van der Waals surface area contributed by atoms with Gasteiger partial charge in [0.25, 0.3) is 0 Å². The van der Waals surface area contributed by atoms with Gasteiger partial charge in [0.1, 0.15) is 0 Å². The number of halogens is 1. The van der Waals surface area contributed by atoms with Crippen molar-refractivity contribution in [2.24, 2.45) is 0 Å². The predicted octanol–water partition coefficient (Wildman–Crippen LogP) is 1.20. The number of esters is 1. The van der Waals surface area contributed by atoms with E-state index in [-0.39, 0.29) is 14.6 Å². The normalized spacial score (nSPS) is 9.69. The summed E-state index contributed by atoms with van der Waals surface area (Å²) < 4.78 is 4.74. The molecular weight excluding hydrogens is 309 g/mol. The number of methoxy groups -OCH3 is 1. The Hall–Kier alpha value is -0.651. The van der Waals surface area contributed by atoms with Gasteiger partial charge >= 0.3 is 87.6 Å². The molecule has 0 atom stereocenters. The summed E-state index contributed by atoms with van der Waals surface area (Å²) in [4.78, 5) is 22.5. The van der Waals surface area contributed by atoms with Crippen LogP contribution >= 0.6 is 15.9 Å². The third-order valence-corrected chi connectivity index (χ3v) is 4.63. The number of hydrogen-bond donors (Lipinski definition) is 0. The van der Waals surface area contributed by atoms with Crippen molar-refractivity contribution < 1.29 is 14.5 Å². The molecule has 0 aliphatic heterocycles. The van der Waals surface area contributed by atoms with Crippen molar-refractivity contribution in [3.8, 4) is 0 Å². The van der Waals surface area contributed by atoms with Gasteiger partial charge < -0.3 is 0 Å². The second-order valence-electron chi connectivity index (χ2n) is 2.02.